The predicted molar refractivity (Wildman–Crippen MR) is 91.0 cm³/mol. The minimum absolute atomic E-state index is 0.0489. The van der Waals surface area contributed by atoms with Crippen LogP contribution in [-0.2, 0) is 14.6 Å². The van der Waals surface area contributed by atoms with E-state index in [1.807, 2.05) is 31.2 Å². The molecule has 23 heavy (non-hydrogen) atoms. The summed E-state index contributed by atoms with van der Waals surface area (Å²) in [6.07, 6.45) is 3.90. The van der Waals surface area contributed by atoms with Crippen molar-refractivity contribution in [3.8, 4) is 5.75 Å². The van der Waals surface area contributed by atoms with E-state index in [0.29, 0.717) is 19.6 Å². The maximum Gasteiger partial charge on any atom is 0.246 e. The maximum absolute atomic E-state index is 12.1. The van der Waals surface area contributed by atoms with E-state index >= 15 is 0 Å². The first-order valence-corrected chi connectivity index (χ1v) is 9.58. The van der Waals surface area contributed by atoms with Crippen molar-refractivity contribution >= 4 is 21.8 Å². The quantitative estimate of drug-likeness (QED) is 0.745. The number of amides is 1. The van der Waals surface area contributed by atoms with Crippen LogP contribution in [0.4, 0.5) is 0 Å². The van der Waals surface area contributed by atoms with Gasteiger partial charge in [0.05, 0.1) is 18.1 Å². The van der Waals surface area contributed by atoms with Crippen molar-refractivity contribution in [2.45, 2.75) is 13.3 Å². The molecule has 0 spiro atoms. The molecule has 0 bridgehead atoms. The Morgan fingerprint density at radius 3 is 2.61 bits per heavy atom. The number of ether oxygens (including phenoxy) is 1. The molecule has 1 heterocycles. The van der Waals surface area contributed by atoms with Crippen molar-refractivity contribution in [3.05, 3.63) is 35.9 Å². The lowest BCUT2D eigenvalue weighted by atomic mass is 10.1. The third-order valence-corrected chi connectivity index (χ3v) is 5.68. The molecule has 0 N–H and O–H groups in total. The van der Waals surface area contributed by atoms with Gasteiger partial charge in [0.1, 0.15) is 5.75 Å². The molecule has 1 fully saturated rings. The Hall–Kier alpha value is -1.82. The molecule has 0 radical (unpaired) electrons. The normalized spacial score (nSPS) is 19.8. The maximum atomic E-state index is 12.1. The number of benzene rings is 1. The standard InChI is InChI=1S/C17H23NO4S/c1-3-22-16-7-4-14(5-8-16)6-9-17(19)18(2)12-15-10-11-23(20,21)13-15/h4-9,15H,3,10-13H2,1-2H3/b9-6+. The topological polar surface area (TPSA) is 63.7 Å². The zero-order chi connectivity index (χ0) is 16.9. The first kappa shape index (κ1) is 17.5. The molecule has 2 rings (SSSR count). The summed E-state index contributed by atoms with van der Waals surface area (Å²) in [4.78, 5) is 13.7. The van der Waals surface area contributed by atoms with Crippen molar-refractivity contribution in [2.24, 2.45) is 5.92 Å². The van der Waals surface area contributed by atoms with Gasteiger partial charge in [-0.1, -0.05) is 12.1 Å². The third-order valence-electron chi connectivity index (χ3n) is 3.84. The Balaban J connectivity index is 1.87. The molecule has 0 aromatic heterocycles. The van der Waals surface area contributed by atoms with Crippen LogP contribution in [0.3, 0.4) is 0 Å². The first-order valence-electron chi connectivity index (χ1n) is 7.76. The van der Waals surface area contributed by atoms with Crippen molar-refractivity contribution in [2.75, 3.05) is 31.7 Å². The summed E-state index contributed by atoms with van der Waals surface area (Å²) in [7, 11) is -1.19. The van der Waals surface area contributed by atoms with Crippen LogP contribution in [0.5, 0.6) is 5.75 Å². The lowest BCUT2D eigenvalue weighted by molar-refractivity contribution is -0.125. The zero-order valence-electron chi connectivity index (χ0n) is 13.6. The molecule has 0 saturated carbocycles. The van der Waals surface area contributed by atoms with Crippen LogP contribution < -0.4 is 4.74 Å². The average molecular weight is 337 g/mol. The number of carbonyl (C=O) groups excluding carboxylic acids is 1. The van der Waals surface area contributed by atoms with Gasteiger partial charge < -0.3 is 9.64 Å². The van der Waals surface area contributed by atoms with Crippen LogP contribution in [-0.4, -0.2) is 50.9 Å². The summed E-state index contributed by atoms with van der Waals surface area (Å²) in [6, 6.07) is 7.50. The number of hydrogen-bond acceptors (Lipinski definition) is 4. The van der Waals surface area contributed by atoms with Crippen molar-refractivity contribution in [3.63, 3.8) is 0 Å². The van der Waals surface area contributed by atoms with E-state index in [1.54, 1.807) is 18.0 Å². The van der Waals surface area contributed by atoms with Gasteiger partial charge >= 0.3 is 0 Å². The minimum Gasteiger partial charge on any atom is -0.494 e. The molecule has 1 aliphatic heterocycles. The predicted octanol–water partition coefficient (Wildman–Crippen LogP) is 1.99. The van der Waals surface area contributed by atoms with E-state index < -0.39 is 9.84 Å². The third kappa shape index (κ3) is 5.39. The number of hydrogen-bond donors (Lipinski definition) is 0. The number of likely N-dealkylation sites (N-methyl/N-ethyl adjacent to an activating group) is 1. The first-order chi connectivity index (χ1) is 10.9. The Morgan fingerprint density at radius 2 is 2.04 bits per heavy atom. The highest BCUT2D eigenvalue weighted by atomic mass is 32.2. The smallest absolute Gasteiger partial charge is 0.246 e. The fraction of sp³-hybridized carbons (Fsp3) is 0.471. The van der Waals surface area contributed by atoms with E-state index in [9.17, 15) is 13.2 Å². The van der Waals surface area contributed by atoms with E-state index in [4.69, 9.17) is 4.74 Å². The van der Waals surface area contributed by atoms with Gasteiger partial charge in [0, 0.05) is 19.7 Å². The highest BCUT2D eigenvalue weighted by Crippen LogP contribution is 2.19. The highest BCUT2D eigenvalue weighted by Gasteiger charge is 2.29. The SMILES string of the molecule is CCOc1ccc(/C=C/C(=O)N(C)CC2CCS(=O)(=O)C2)cc1. The molecule has 1 saturated heterocycles. The van der Waals surface area contributed by atoms with Crippen LogP contribution in [0.15, 0.2) is 30.3 Å². The summed E-state index contributed by atoms with van der Waals surface area (Å²) in [5.74, 6) is 1.15. The summed E-state index contributed by atoms with van der Waals surface area (Å²) in [5.41, 5.74) is 0.915. The molecule has 1 aromatic carbocycles. The van der Waals surface area contributed by atoms with Gasteiger partial charge in [0.2, 0.25) is 5.91 Å². The van der Waals surface area contributed by atoms with Crippen LogP contribution in [0, 0.1) is 5.92 Å². The molecule has 1 aromatic rings. The van der Waals surface area contributed by atoms with E-state index in [-0.39, 0.29) is 23.3 Å². The second kappa shape index (κ2) is 7.64. The minimum atomic E-state index is -2.90. The van der Waals surface area contributed by atoms with Gasteiger partial charge in [0.15, 0.2) is 9.84 Å². The van der Waals surface area contributed by atoms with Crippen LogP contribution in [0.2, 0.25) is 0 Å². The van der Waals surface area contributed by atoms with Gasteiger partial charge in [0.25, 0.3) is 0 Å². The van der Waals surface area contributed by atoms with Crippen molar-refractivity contribution < 1.29 is 17.9 Å². The Bertz CT molecular complexity index is 664. The fourth-order valence-corrected chi connectivity index (χ4v) is 4.48. The Kier molecular flexibility index (Phi) is 5.82. The van der Waals surface area contributed by atoms with E-state index in [0.717, 1.165) is 11.3 Å². The molecule has 5 nitrogen and oxygen atoms in total. The molecule has 6 heteroatoms. The molecular formula is C17H23NO4S. The number of nitrogens with zero attached hydrogens (tertiary/aromatic N) is 1. The molecule has 1 atom stereocenters. The molecule has 126 valence electrons. The van der Waals surface area contributed by atoms with E-state index in [2.05, 4.69) is 0 Å². The average Bonchev–Trinajstić information content (AvgIpc) is 2.85. The largest absolute Gasteiger partial charge is 0.494 e. The van der Waals surface area contributed by atoms with Crippen LogP contribution in [0.1, 0.15) is 18.9 Å². The lowest BCUT2D eigenvalue weighted by Gasteiger charge is -2.18. The molecule has 1 unspecified atom stereocenters. The molecule has 1 amide bonds. The fourth-order valence-electron chi connectivity index (χ4n) is 2.63. The Labute approximate surface area is 137 Å². The van der Waals surface area contributed by atoms with Gasteiger partial charge in [-0.2, -0.15) is 0 Å². The van der Waals surface area contributed by atoms with Gasteiger partial charge in [-0.3, -0.25) is 4.79 Å². The van der Waals surface area contributed by atoms with E-state index in [1.165, 1.54) is 6.08 Å². The summed E-state index contributed by atoms with van der Waals surface area (Å²) >= 11 is 0. The van der Waals surface area contributed by atoms with Gasteiger partial charge in [-0.05, 0) is 43.0 Å². The van der Waals surface area contributed by atoms with Gasteiger partial charge in [-0.25, -0.2) is 8.42 Å². The van der Waals surface area contributed by atoms with Crippen molar-refractivity contribution in [1.82, 2.24) is 4.90 Å². The lowest BCUT2D eigenvalue weighted by Crippen LogP contribution is -2.31. The number of carbonyl (C=O) groups is 1. The molecule has 1 aliphatic rings. The number of sulfone groups is 1. The van der Waals surface area contributed by atoms with Gasteiger partial charge in [-0.15, -0.1) is 0 Å². The molecular weight excluding hydrogens is 314 g/mol. The highest BCUT2D eigenvalue weighted by molar-refractivity contribution is 7.91. The Morgan fingerprint density at radius 1 is 1.35 bits per heavy atom. The van der Waals surface area contributed by atoms with Crippen LogP contribution in [0.25, 0.3) is 6.08 Å². The number of rotatable bonds is 6. The molecule has 0 aliphatic carbocycles. The summed E-state index contributed by atoms with van der Waals surface area (Å²) in [6.45, 7) is 3.03. The second-order valence-corrected chi connectivity index (χ2v) is 8.05. The monoisotopic (exact) mass is 337 g/mol. The summed E-state index contributed by atoms with van der Waals surface area (Å²) in [5, 5.41) is 0. The zero-order valence-corrected chi connectivity index (χ0v) is 14.4. The van der Waals surface area contributed by atoms with Crippen molar-refractivity contribution in [1.29, 1.82) is 0 Å². The van der Waals surface area contributed by atoms with Crippen LogP contribution >= 0.6 is 0 Å². The second-order valence-electron chi connectivity index (χ2n) is 5.82. The summed E-state index contributed by atoms with van der Waals surface area (Å²) < 4.78 is 28.3.